The molecule has 1 atom stereocenters. The Morgan fingerprint density at radius 1 is 1.45 bits per heavy atom. The third-order valence-corrected chi connectivity index (χ3v) is 2.60. The molecule has 0 aromatic carbocycles. The molecular weight excluding hydrogens is 257 g/mol. The van der Waals surface area contributed by atoms with Crippen LogP contribution >= 0.6 is 22.6 Å². The third-order valence-electron chi connectivity index (χ3n) is 1.52. The highest BCUT2D eigenvalue weighted by Gasteiger charge is 2.12. The van der Waals surface area contributed by atoms with E-state index in [1.165, 1.54) is 12.8 Å². The lowest BCUT2D eigenvalue weighted by molar-refractivity contribution is -0.489. The minimum Gasteiger partial charge on any atom is -0.263 e. The van der Waals surface area contributed by atoms with Crippen LogP contribution in [-0.2, 0) is 0 Å². The second-order valence-corrected chi connectivity index (χ2v) is 4.01. The lowest BCUT2D eigenvalue weighted by Gasteiger charge is -2.00. The van der Waals surface area contributed by atoms with Gasteiger partial charge in [0.1, 0.15) is 0 Å². The van der Waals surface area contributed by atoms with E-state index in [9.17, 15) is 10.1 Å². The molecule has 0 N–H and O–H groups in total. The zero-order valence-corrected chi connectivity index (χ0v) is 8.91. The number of unbranched alkanes of at least 4 members (excludes halogenated alkanes) is 3. The van der Waals surface area contributed by atoms with Gasteiger partial charge in [-0.05, 0) is 6.42 Å². The van der Waals surface area contributed by atoms with Gasteiger partial charge < -0.3 is 0 Å². The van der Waals surface area contributed by atoms with Crippen LogP contribution < -0.4 is 0 Å². The van der Waals surface area contributed by atoms with Crippen molar-refractivity contribution >= 4 is 22.6 Å². The van der Waals surface area contributed by atoms with Crippen molar-refractivity contribution < 1.29 is 4.92 Å². The largest absolute Gasteiger partial charge is 0.263 e. The Kier molecular flexibility index (Phi) is 6.90. The molecule has 0 saturated heterocycles. The van der Waals surface area contributed by atoms with Crippen LogP contribution in [0.3, 0.4) is 0 Å². The number of hydrogen-bond donors (Lipinski definition) is 0. The fourth-order valence-corrected chi connectivity index (χ4v) is 1.29. The Morgan fingerprint density at radius 3 is 2.55 bits per heavy atom. The minimum atomic E-state index is -0.385. The van der Waals surface area contributed by atoms with E-state index in [0.29, 0.717) is 6.42 Å². The van der Waals surface area contributed by atoms with E-state index in [-0.39, 0.29) is 8.97 Å². The van der Waals surface area contributed by atoms with Crippen molar-refractivity contribution in [1.82, 2.24) is 0 Å². The molecule has 1 unspecified atom stereocenters. The van der Waals surface area contributed by atoms with Gasteiger partial charge in [-0.3, -0.25) is 10.1 Å². The molecule has 0 aliphatic carbocycles. The van der Waals surface area contributed by atoms with Crippen molar-refractivity contribution in [3.05, 3.63) is 10.1 Å². The number of nitrogens with zero attached hydrogens (tertiary/aromatic N) is 1. The zero-order chi connectivity index (χ0) is 8.69. The van der Waals surface area contributed by atoms with E-state index in [1.54, 1.807) is 0 Å². The van der Waals surface area contributed by atoms with Gasteiger partial charge in [-0.25, -0.2) is 0 Å². The van der Waals surface area contributed by atoms with E-state index < -0.39 is 0 Å². The lowest BCUT2D eigenvalue weighted by Crippen LogP contribution is -2.10. The summed E-state index contributed by atoms with van der Waals surface area (Å²) < 4.78 is -0.385. The molecule has 0 bridgehead atoms. The standard InChI is InChI=1S/C7H14INO2/c1-2-3-4-5-6-7(8)9(10)11/h7H,2-6H2,1H3. The molecule has 0 saturated carbocycles. The van der Waals surface area contributed by atoms with Crippen LogP contribution in [0.15, 0.2) is 0 Å². The van der Waals surface area contributed by atoms with Crippen LogP contribution in [-0.4, -0.2) is 8.97 Å². The molecule has 0 amide bonds. The molecule has 4 heteroatoms. The highest BCUT2D eigenvalue weighted by molar-refractivity contribution is 14.1. The quantitative estimate of drug-likeness (QED) is 0.186. The first-order chi connectivity index (χ1) is 5.18. The summed E-state index contributed by atoms with van der Waals surface area (Å²) in [6, 6.07) is 0. The molecule has 0 aromatic rings. The fourth-order valence-electron chi connectivity index (χ4n) is 0.845. The van der Waals surface area contributed by atoms with Gasteiger partial charge in [-0.1, -0.05) is 26.2 Å². The zero-order valence-electron chi connectivity index (χ0n) is 6.75. The molecule has 0 aliphatic rings. The molecule has 0 aliphatic heterocycles. The van der Waals surface area contributed by atoms with Crippen LogP contribution in [0.25, 0.3) is 0 Å². The van der Waals surface area contributed by atoms with Gasteiger partial charge in [0.05, 0.1) is 0 Å². The minimum absolute atomic E-state index is 0.216. The molecule has 11 heavy (non-hydrogen) atoms. The van der Waals surface area contributed by atoms with E-state index in [0.717, 1.165) is 12.8 Å². The second kappa shape index (κ2) is 6.82. The lowest BCUT2D eigenvalue weighted by atomic mass is 10.2. The molecule has 0 spiro atoms. The Bertz CT molecular complexity index is 119. The van der Waals surface area contributed by atoms with Crippen molar-refractivity contribution in [2.75, 3.05) is 0 Å². The van der Waals surface area contributed by atoms with Crippen molar-refractivity contribution in [2.45, 2.75) is 43.1 Å². The molecule has 0 fully saturated rings. The van der Waals surface area contributed by atoms with Gasteiger partial charge in [0.15, 0.2) is 0 Å². The molecule has 0 aromatic heterocycles. The number of nitro groups is 1. The number of rotatable bonds is 6. The van der Waals surface area contributed by atoms with Crippen LogP contribution in [0.2, 0.25) is 0 Å². The average molecular weight is 271 g/mol. The second-order valence-electron chi connectivity index (χ2n) is 2.57. The average Bonchev–Trinajstić information content (AvgIpc) is 1.97. The van der Waals surface area contributed by atoms with Crippen molar-refractivity contribution in [1.29, 1.82) is 0 Å². The smallest absolute Gasteiger partial charge is 0.260 e. The number of hydrogen-bond acceptors (Lipinski definition) is 2. The Morgan fingerprint density at radius 2 is 2.09 bits per heavy atom. The van der Waals surface area contributed by atoms with Crippen LogP contribution in [0, 0.1) is 10.1 Å². The van der Waals surface area contributed by atoms with Crippen molar-refractivity contribution in [2.24, 2.45) is 0 Å². The summed E-state index contributed by atoms with van der Waals surface area (Å²) in [5, 5.41) is 10.2. The summed E-state index contributed by atoms with van der Waals surface area (Å²) >= 11 is 1.88. The van der Waals surface area contributed by atoms with Crippen LogP contribution in [0.5, 0.6) is 0 Å². The summed E-state index contributed by atoms with van der Waals surface area (Å²) in [4.78, 5) is 9.95. The summed E-state index contributed by atoms with van der Waals surface area (Å²) in [5.41, 5.74) is 0. The Hall–Kier alpha value is 0.130. The Balaban J connectivity index is 3.17. The number of halogens is 1. The van der Waals surface area contributed by atoms with Crippen LogP contribution in [0.1, 0.15) is 39.0 Å². The Labute approximate surface area is 80.8 Å². The maximum Gasteiger partial charge on any atom is 0.260 e. The first-order valence-electron chi connectivity index (χ1n) is 3.96. The summed E-state index contributed by atoms with van der Waals surface area (Å²) in [5.74, 6) is 0. The first kappa shape index (κ1) is 11.1. The predicted molar refractivity (Wildman–Crippen MR) is 53.6 cm³/mol. The highest BCUT2D eigenvalue weighted by atomic mass is 127. The van der Waals surface area contributed by atoms with Gasteiger partial charge in [-0.15, -0.1) is 0 Å². The van der Waals surface area contributed by atoms with E-state index in [4.69, 9.17) is 0 Å². The maximum absolute atomic E-state index is 10.2. The first-order valence-corrected chi connectivity index (χ1v) is 5.20. The normalized spacial score (nSPS) is 12.9. The van der Waals surface area contributed by atoms with Gasteiger partial charge in [0.25, 0.3) is 4.05 Å². The molecule has 0 radical (unpaired) electrons. The van der Waals surface area contributed by atoms with E-state index >= 15 is 0 Å². The predicted octanol–water partition coefficient (Wildman–Crippen LogP) is 2.99. The molecule has 3 nitrogen and oxygen atoms in total. The van der Waals surface area contributed by atoms with Crippen LogP contribution in [0.4, 0.5) is 0 Å². The SMILES string of the molecule is CCCCCCC(I)[N+](=O)[O-]. The summed E-state index contributed by atoms with van der Waals surface area (Å²) in [6.45, 7) is 2.13. The summed E-state index contributed by atoms with van der Waals surface area (Å²) in [7, 11) is 0. The number of alkyl halides is 1. The van der Waals surface area contributed by atoms with E-state index in [2.05, 4.69) is 6.92 Å². The monoisotopic (exact) mass is 271 g/mol. The van der Waals surface area contributed by atoms with Gasteiger partial charge in [-0.2, -0.15) is 0 Å². The fraction of sp³-hybridized carbons (Fsp3) is 1.00. The molecule has 66 valence electrons. The molecule has 0 heterocycles. The van der Waals surface area contributed by atoms with Crippen molar-refractivity contribution in [3.63, 3.8) is 0 Å². The molecular formula is C7H14INO2. The third kappa shape index (κ3) is 6.52. The van der Waals surface area contributed by atoms with Crippen molar-refractivity contribution in [3.8, 4) is 0 Å². The van der Waals surface area contributed by atoms with Gasteiger partial charge in [0, 0.05) is 33.9 Å². The van der Waals surface area contributed by atoms with Gasteiger partial charge >= 0.3 is 0 Å². The topological polar surface area (TPSA) is 43.1 Å². The molecule has 0 rings (SSSR count). The van der Waals surface area contributed by atoms with E-state index in [1.807, 2.05) is 22.6 Å². The van der Waals surface area contributed by atoms with Gasteiger partial charge in [0.2, 0.25) is 0 Å². The highest BCUT2D eigenvalue weighted by Crippen LogP contribution is 2.12. The maximum atomic E-state index is 10.2. The summed E-state index contributed by atoms with van der Waals surface area (Å²) in [6.07, 6.45) is 5.21.